The first-order chi connectivity index (χ1) is 14.4. The standard InChI is InChI=1S/C24H32FN3O2/c1-27(2)23(29)8-4-6-16-28-17-13-20(14-18-28)24(30,22-7-3-5-15-26-22)19-9-11-21(25)12-10-19/h3,5,7,9-12,15,20,30H,4,6,8,13-14,16-18H2,1-2H3. The van der Waals surface area contributed by atoms with E-state index in [4.69, 9.17) is 0 Å². The molecule has 0 saturated carbocycles. The Morgan fingerprint density at radius 1 is 1.17 bits per heavy atom. The number of piperidine rings is 1. The molecule has 1 fully saturated rings. The van der Waals surface area contributed by atoms with Gasteiger partial charge in [0, 0.05) is 32.6 Å². The normalized spacial score (nSPS) is 17.5. The van der Waals surface area contributed by atoms with Gasteiger partial charge in [-0.25, -0.2) is 4.39 Å². The highest BCUT2D eigenvalue weighted by atomic mass is 19.1. The molecule has 5 nitrogen and oxygen atoms in total. The van der Waals surface area contributed by atoms with Gasteiger partial charge in [0.25, 0.3) is 0 Å². The van der Waals surface area contributed by atoms with Crippen LogP contribution in [0.2, 0.25) is 0 Å². The zero-order valence-corrected chi connectivity index (χ0v) is 17.9. The van der Waals surface area contributed by atoms with Gasteiger partial charge < -0.3 is 14.9 Å². The van der Waals surface area contributed by atoms with Crippen molar-refractivity contribution < 1.29 is 14.3 Å². The highest BCUT2D eigenvalue weighted by Crippen LogP contribution is 2.41. The maximum absolute atomic E-state index is 13.5. The average molecular weight is 414 g/mol. The van der Waals surface area contributed by atoms with E-state index in [9.17, 15) is 14.3 Å². The monoisotopic (exact) mass is 413 g/mol. The fourth-order valence-electron chi connectivity index (χ4n) is 4.29. The molecular weight excluding hydrogens is 381 g/mol. The molecule has 0 radical (unpaired) electrons. The van der Waals surface area contributed by atoms with Crippen LogP contribution in [0.1, 0.15) is 43.4 Å². The number of carbonyl (C=O) groups excluding carboxylic acids is 1. The summed E-state index contributed by atoms with van der Waals surface area (Å²) < 4.78 is 13.5. The van der Waals surface area contributed by atoms with Crippen LogP contribution in [0.5, 0.6) is 0 Å². The number of benzene rings is 1. The first-order valence-electron chi connectivity index (χ1n) is 10.7. The lowest BCUT2D eigenvalue weighted by molar-refractivity contribution is -0.128. The van der Waals surface area contributed by atoms with Gasteiger partial charge in [0.2, 0.25) is 5.91 Å². The molecule has 0 spiro atoms. The molecule has 30 heavy (non-hydrogen) atoms. The van der Waals surface area contributed by atoms with Crippen LogP contribution in [0.15, 0.2) is 48.7 Å². The maximum atomic E-state index is 13.5. The number of unbranched alkanes of at least 4 members (excludes halogenated alkanes) is 1. The molecule has 2 aromatic rings. The van der Waals surface area contributed by atoms with Crippen LogP contribution in [0.3, 0.4) is 0 Å². The lowest BCUT2D eigenvalue weighted by atomic mass is 9.74. The average Bonchev–Trinajstić information content (AvgIpc) is 2.77. The van der Waals surface area contributed by atoms with Crippen molar-refractivity contribution in [3.63, 3.8) is 0 Å². The number of hydrogen-bond acceptors (Lipinski definition) is 4. The molecule has 1 atom stereocenters. The lowest BCUT2D eigenvalue weighted by Gasteiger charge is -2.41. The molecule has 0 bridgehead atoms. The number of amides is 1. The number of aromatic nitrogens is 1. The van der Waals surface area contributed by atoms with E-state index in [0.717, 1.165) is 45.3 Å². The number of halogens is 1. The minimum atomic E-state index is -1.24. The Bertz CT molecular complexity index is 805. The van der Waals surface area contributed by atoms with Crippen molar-refractivity contribution in [2.24, 2.45) is 5.92 Å². The van der Waals surface area contributed by atoms with Gasteiger partial charge in [0.15, 0.2) is 0 Å². The molecule has 1 aliphatic heterocycles. The third-order valence-electron chi connectivity index (χ3n) is 6.13. The molecule has 0 aliphatic carbocycles. The molecule has 1 aromatic carbocycles. The topological polar surface area (TPSA) is 56.7 Å². The highest BCUT2D eigenvalue weighted by Gasteiger charge is 2.42. The Morgan fingerprint density at radius 2 is 1.87 bits per heavy atom. The fourth-order valence-corrected chi connectivity index (χ4v) is 4.29. The second kappa shape index (κ2) is 10.1. The predicted octanol–water partition coefficient (Wildman–Crippen LogP) is 3.43. The largest absolute Gasteiger partial charge is 0.378 e. The van der Waals surface area contributed by atoms with Crippen LogP contribution in [-0.2, 0) is 10.4 Å². The molecule has 1 aromatic heterocycles. The second-order valence-corrected chi connectivity index (χ2v) is 8.35. The van der Waals surface area contributed by atoms with E-state index in [2.05, 4.69) is 9.88 Å². The first kappa shape index (κ1) is 22.4. The summed E-state index contributed by atoms with van der Waals surface area (Å²) in [7, 11) is 3.58. The minimum Gasteiger partial charge on any atom is -0.378 e. The summed E-state index contributed by atoms with van der Waals surface area (Å²) in [6, 6.07) is 11.7. The van der Waals surface area contributed by atoms with Crippen molar-refractivity contribution in [3.8, 4) is 0 Å². The Hall–Kier alpha value is -2.31. The van der Waals surface area contributed by atoms with Crippen molar-refractivity contribution >= 4 is 5.91 Å². The van der Waals surface area contributed by atoms with Crippen molar-refractivity contribution in [2.45, 2.75) is 37.7 Å². The van der Waals surface area contributed by atoms with E-state index < -0.39 is 5.60 Å². The van der Waals surface area contributed by atoms with Crippen molar-refractivity contribution in [2.75, 3.05) is 33.7 Å². The van der Waals surface area contributed by atoms with Gasteiger partial charge in [-0.2, -0.15) is 0 Å². The quantitative estimate of drug-likeness (QED) is 0.674. The number of aliphatic hydroxyl groups is 1. The molecule has 1 amide bonds. The number of nitrogens with zero attached hydrogens (tertiary/aromatic N) is 3. The number of carbonyl (C=O) groups is 1. The summed E-state index contributed by atoms with van der Waals surface area (Å²) in [6.45, 7) is 2.75. The molecule has 1 unspecified atom stereocenters. The summed E-state index contributed by atoms with van der Waals surface area (Å²) >= 11 is 0. The molecule has 162 valence electrons. The molecule has 1 aliphatic rings. The Balaban J connectivity index is 1.63. The van der Waals surface area contributed by atoms with Crippen molar-refractivity contribution in [1.82, 2.24) is 14.8 Å². The Labute approximate surface area is 178 Å². The van der Waals surface area contributed by atoms with E-state index in [0.29, 0.717) is 17.7 Å². The number of likely N-dealkylation sites (tertiary alicyclic amines) is 1. The van der Waals surface area contributed by atoms with Crippen molar-refractivity contribution in [3.05, 3.63) is 65.7 Å². The smallest absolute Gasteiger partial charge is 0.222 e. The van der Waals surface area contributed by atoms with Gasteiger partial charge in [-0.3, -0.25) is 9.78 Å². The Kier molecular flexibility index (Phi) is 7.56. The molecule has 2 heterocycles. The van der Waals surface area contributed by atoms with E-state index >= 15 is 0 Å². The highest BCUT2D eigenvalue weighted by molar-refractivity contribution is 5.75. The predicted molar refractivity (Wildman–Crippen MR) is 115 cm³/mol. The number of pyridine rings is 1. The van der Waals surface area contributed by atoms with Crippen LogP contribution in [-0.4, -0.2) is 59.5 Å². The summed E-state index contributed by atoms with van der Waals surface area (Å²) in [5.41, 5.74) is 0.0552. The van der Waals surface area contributed by atoms with E-state index in [1.165, 1.54) is 12.1 Å². The van der Waals surface area contributed by atoms with Gasteiger partial charge in [0.1, 0.15) is 11.4 Å². The van der Waals surface area contributed by atoms with Crippen LogP contribution in [0.4, 0.5) is 4.39 Å². The maximum Gasteiger partial charge on any atom is 0.222 e. The molecule has 3 rings (SSSR count). The van der Waals surface area contributed by atoms with Crippen LogP contribution in [0.25, 0.3) is 0 Å². The van der Waals surface area contributed by atoms with Crippen LogP contribution in [0, 0.1) is 11.7 Å². The zero-order chi connectivity index (χ0) is 21.6. The van der Waals surface area contributed by atoms with Gasteiger partial charge in [-0.15, -0.1) is 0 Å². The molecule has 1 N–H and O–H groups in total. The van der Waals surface area contributed by atoms with Crippen molar-refractivity contribution in [1.29, 1.82) is 0 Å². The molecular formula is C24H32FN3O2. The number of rotatable bonds is 8. The van der Waals surface area contributed by atoms with E-state index in [-0.39, 0.29) is 17.6 Å². The van der Waals surface area contributed by atoms with Gasteiger partial charge >= 0.3 is 0 Å². The fraction of sp³-hybridized carbons (Fsp3) is 0.500. The summed E-state index contributed by atoms with van der Waals surface area (Å²) in [6.07, 6.45) is 5.83. The summed E-state index contributed by atoms with van der Waals surface area (Å²) in [4.78, 5) is 20.2. The van der Waals surface area contributed by atoms with Gasteiger partial charge in [0.05, 0.1) is 5.69 Å². The second-order valence-electron chi connectivity index (χ2n) is 8.35. The summed E-state index contributed by atoms with van der Waals surface area (Å²) in [5.74, 6) is -0.137. The van der Waals surface area contributed by atoms with Crippen LogP contribution >= 0.6 is 0 Å². The third-order valence-corrected chi connectivity index (χ3v) is 6.13. The summed E-state index contributed by atoms with van der Waals surface area (Å²) in [5, 5.41) is 11.8. The number of hydrogen-bond donors (Lipinski definition) is 1. The van der Waals surface area contributed by atoms with Crippen LogP contribution < -0.4 is 0 Å². The molecule has 6 heteroatoms. The third kappa shape index (κ3) is 5.24. The van der Waals surface area contributed by atoms with E-state index in [1.54, 1.807) is 37.3 Å². The first-order valence-corrected chi connectivity index (χ1v) is 10.7. The molecule has 1 saturated heterocycles. The van der Waals surface area contributed by atoms with Gasteiger partial charge in [-0.05, 0) is 75.1 Å². The van der Waals surface area contributed by atoms with E-state index in [1.807, 2.05) is 18.2 Å². The zero-order valence-electron chi connectivity index (χ0n) is 17.9. The lowest BCUT2D eigenvalue weighted by Crippen LogP contribution is -2.45. The minimum absolute atomic E-state index is 0.00410. The Morgan fingerprint density at radius 3 is 2.47 bits per heavy atom. The SMILES string of the molecule is CN(C)C(=O)CCCCN1CCC(C(O)(c2ccc(F)cc2)c2ccccn2)CC1. The van der Waals surface area contributed by atoms with Gasteiger partial charge in [-0.1, -0.05) is 18.2 Å².